The number of carbonyl (C=O) groups excluding carboxylic acids is 1. The van der Waals surface area contributed by atoms with E-state index >= 15 is 0 Å². The summed E-state index contributed by atoms with van der Waals surface area (Å²) in [5.41, 5.74) is 5.83. The van der Waals surface area contributed by atoms with E-state index in [1.165, 1.54) is 26.2 Å². The Labute approximate surface area is 108 Å². The number of anilines is 1. The normalized spacial score (nSPS) is 12.9. The van der Waals surface area contributed by atoms with Gasteiger partial charge >= 0.3 is 6.18 Å². The lowest BCUT2D eigenvalue weighted by Gasteiger charge is -2.17. The topological polar surface area (TPSA) is 64.3 Å². The Morgan fingerprint density at radius 1 is 1.47 bits per heavy atom. The number of amides is 1. The summed E-state index contributed by atoms with van der Waals surface area (Å²) in [5, 5.41) is 2.25. The van der Waals surface area contributed by atoms with Crippen molar-refractivity contribution in [1.29, 1.82) is 0 Å². The fourth-order valence-corrected chi connectivity index (χ4v) is 1.66. The number of hydrogen-bond acceptors (Lipinski definition) is 3. The van der Waals surface area contributed by atoms with Crippen molar-refractivity contribution in [3.63, 3.8) is 0 Å². The van der Waals surface area contributed by atoms with Crippen molar-refractivity contribution < 1.29 is 22.7 Å². The Bertz CT molecular complexity index is 461. The van der Waals surface area contributed by atoms with Crippen molar-refractivity contribution in [1.82, 2.24) is 5.32 Å². The quantitative estimate of drug-likeness (QED) is 0.830. The second kappa shape index (κ2) is 5.81. The summed E-state index contributed by atoms with van der Waals surface area (Å²) in [6, 6.07) is 3.53. The molecule has 106 valence electrons. The number of nitrogens with one attached hydrogen (secondary N) is 1. The molecule has 0 radical (unpaired) electrons. The summed E-state index contributed by atoms with van der Waals surface area (Å²) >= 11 is 0. The lowest BCUT2D eigenvalue weighted by Crippen LogP contribution is -2.36. The number of methoxy groups -OCH3 is 1. The maximum Gasteiger partial charge on any atom is 0.391 e. The van der Waals surface area contributed by atoms with E-state index in [0.29, 0.717) is 0 Å². The molecule has 1 rings (SSSR count). The molecule has 0 aromatic heterocycles. The van der Waals surface area contributed by atoms with E-state index in [2.05, 4.69) is 5.32 Å². The number of rotatable bonds is 4. The third-order valence-corrected chi connectivity index (χ3v) is 2.42. The van der Waals surface area contributed by atoms with Crippen LogP contribution in [0.5, 0.6) is 5.75 Å². The van der Waals surface area contributed by atoms with E-state index in [4.69, 9.17) is 10.5 Å². The largest absolute Gasteiger partial charge is 0.496 e. The lowest BCUT2D eigenvalue weighted by molar-refractivity contribution is -0.138. The predicted octanol–water partition coefficient (Wildman–Crippen LogP) is 2.35. The lowest BCUT2D eigenvalue weighted by atomic mass is 10.1. The van der Waals surface area contributed by atoms with Crippen LogP contribution < -0.4 is 15.8 Å². The summed E-state index contributed by atoms with van der Waals surface area (Å²) in [6.07, 6.45) is -5.44. The maximum absolute atomic E-state index is 12.2. The molecule has 1 aromatic carbocycles. The molecule has 0 saturated carbocycles. The smallest absolute Gasteiger partial charge is 0.391 e. The predicted molar refractivity (Wildman–Crippen MR) is 65.0 cm³/mol. The second-order valence-electron chi connectivity index (χ2n) is 4.12. The Morgan fingerprint density at radius 3 is 2.63 bits per heavy atom. The first-order chi connectivity index (χ1) is 8.74. The van der Waals surface area contributed by atoms with Gasteiger partial charge in [-0.3, -0.25) is 4.79 Å². The highest BCUT2D eigenvalue weighted by atomic mass is 19.4. The van der Waals surface area contributed by atoms with Crippen molar-refractivity contribution in [2.75, 3.05) is 12.8 Å². The van der Waals surface area contributed by atoms with Crippen LogP contribution in [0.25, 0.3) is 0 Å². The van der Waals surface area contributed by atoms with Crippen LogP contribution in [0.2, 0.25) is 0 Å². The molecule has 0 spiro atoms. The Hall–Kier alpha value is -1.92. The average molecular weight is 276 g/mol. The second-order valence-corrected chi connectivity index (χ2v) is 4.12. The highest BCUT2D eigenvalue weighted by molar-refractivity contribution is 6.02. The first-order valence-corrected chi connectivity index (χ1v) is 5.54. The van der Waals surface area contributed by atoms with Gasteiger partial charge < -0.3 is 15.8 Å². The minimum Gasteiger partial charge on any atom is -0.496 e. The standard InChI is InChI=1S/C12H15F3N2O2/c1-7(6-12(13,14)15)17-11(18)10-8(16)4-3-5-9(10)19-2/h3-5,7H,6,16H2,1-2H3,(H,17,18). The van der Waals surface area contributed by atoms with Gasteiger partial charge in [-0.15, -0.1) is 0 Å². The zero-order valence-electron chi connectivity index (χ0n) is 10.5. The Balaban J connectivity index is 2.84. The van der Waals surface area contributed by atoms with Crippen LogP contribution in [-0.2, 0) is 0 Å². The number of nitrogen functional groups attached to an aromatic ring is 1. The van der Waals surface area contributed by atoms with Crippen LogP contribution in [0, 0.1) is 0 Å². The van der Waals surface area contributed by atoms with Gasteiger partial charge in [0.15, 0.2) is 0 Å². The van der Waals surface area contributed by atoms with Crippen LogP contribution in [0.4, 0.5) is 18.9 Å². The maximum atomic E-state index is 12.2. The number of hydrogen-bond donors (Lipinski definition) is 2. The number of carbonyl (C=O) groups is 1. The summed E-state index contributed by atoms with van der Waals surface area (Å²) in [4.78, 5) is 11.9. The van der Waals surface area contributed by atoms with E-state index in [0.717, 1.165) is 0 Å². The van der Waals surface area contributed by atoms with E-state index < -0.39 is 24.5 Å². The van der Waals surface area contributed by atoms with Gasteiger partial charge in [-0.2, -0.15) is 13.2 Å². The van der Waals surface area contributed by atoms with E-state index in [9.17, 15) is 18.0 Å². The zero-order chi connectivity index (χ0) is 14.6. The SMILES string of the molecule is COc1cccc(N)c1C(=O)NC(C)CC(F)(F)F. The van der Waals surface area contributed by atoms with Gasteiger partial charge in [-0.1, -0.05) is 6.07 Å². The van der Waals surface area contributed by atoms with Crippen LogP contribution in [0.3, 0.4) is 0 Å². The molecule has 0 aliphatic heterocycles. The third-order valence-electron chi connectivity index (χ3n) is 2.42. The number of ether oxygens (including phenoxy) is 1. The molecule has 0 aliphatic carbocycles. The zero-order valence-corrected chi connectivity index (χ0v) is 10.5. The molecule has 0 saturated heterocycles. The van der Waals surface area contributed by atoms with Crippen molar-refractivity contribution in [3.05, 3.63) is 23.8 Å². The monoisotopic (exact) mass is 276 g/mol. The molecule has 3 N–H and O–H groups in total. The summed E-state index contributed by atoms with van der Waals surface area (Å²) < 4.78 is 41.5. The van der Waals surface area contributed by atoms with E-state index in [1.807, 2.05) is 0 Å². The molecule has 1 unspecified atom stereocenters. The van der Waals surface area contributed by atoms with Crippen molar-refractivity contribution in [2.24, 2.45) is 0 Å². The molecule has 0 heterocycles. The Morgan fingerprint density at radius 2 is 2.11 bits per heavy atom. The summed E-state index contributed by atoms with van der Waals surface area (Å²) in [5.74, 6) is -0.469. The molecule has 0 bridgehead atoms. The molecule has 0 aliphatic rings. The first-order valence-electron chi connectivity index (χ1n) is 5.54. The van der Waals surface area contributed by atoms with Crippen molar-refractivity contribution in [3.8, 4) is 5.75 Å². The fraction of sp³-hybridized carbons (Fsp3) is 0.417. The average Bonchev–Trinajstić information content (AvgIpc) is 2.25. The molecule has 1 atom stereocenters. The van der Waals surface area contributed by atoms with Gasteiger partial charge in [-0.25, -0.2) is 0 Å². The summed E-state index contributed by atoms with van der Waals surface area (Å²) in [6.45, 7) is 1.27. The molecular formula is C12H15F3N2O2. The van der Waals surface area contributed by atoms with Gasteiger partial charge in [0.25, 0.3) is 5.91 Å². The van der Waals surface area contributed by atoms with Gasteiger partial charge in [0.05, 0.1) is 13.5 Å². The first kappa shape index (κ1) is 15.1. The van der Waals surface area contributed by atoms with E-state index in [1.54, 1.807) is 6.07 Å². The minimum atomic E-state index is -4.33. The Kier molecular flexibility index (Phi) is 4.63. The molecule has 7 heteroatoms. The number of benzene rings is 1. The molecule has 1 amide bonds. The minimum absolute atomic E-state index is 0.0408. The molecule has 1 aromatic rings. The van der Waals surface area contributed by atoms with Gasteiger partial charge in [0.1, 0.15) is 11.3 Å². The third kappa shape index (κ3) is 4.35. The van der Waals surface area contributed by atoms with Crippen LogP contribution in [-0.4, -0.2) is 25.2 Å². The van der Waals surface area contributed by atoms with Gasteiger partial charge in [0, 0.05) is 11.7 Å². The van der Waals surface area contributed by atoms with Gasteiger partial charge in [0.2, 0.25) is 0 Å². The molecular weight excluding hydrogens is 261 g/mol. The van der Waals surface area contributed by atoms with Crippen LogP contribution in [0.15, 0.2) is 18.2 Å². The van der Waals surface area contributed by atoms with Gasteiger partial charge in [-0.05, 0) is 19.1 Å². The number of alkyl halides is 3. The van der Waals surface area contributed by atoms with Crippen LogP contribution >= 0.6 is 0 Å². The summed E-state index contributed by atoms with van der Waals surface area (Å²) in [7, 11) is 1.35. The number of halogens is 3. The fourth-order valence-electron chi connectivity index (χ4n) is 1.66. The highest BCUT2D eigenvalue weighted by Gasteiger charge is 2.31. The highest BCUT2D eigenvalue weighted by Crippen LogP contribution is 2.25. The van der Waals surface area contributed by atoms with Crippen molar-refractivity contribution >= 4 is 11.6 Å². The van der Waals surface area contributed by atoms with E-state index in [-0.39, 0.29) is 17.0 Å². The molecule has 4 nitrogen and oxygen atoms in total. The number of nitrogens with two attached hydrogens (primary N) is 1. The van der Waals surface area contributed by atoms with Crippen molar-refractivity contribution in [2.45, 2.75) is 25.6 Å². The molecule has 19 heavy (non-hydrogen) atoms. The van der Waals surface area contributed by atoms with Crippen LogP contribution in [0.1, 0.15) is 23.7 Å². The molecule has 0 fully saturated rings.